The number of aromatic nitrogens is 4. The first kappa shape index (κ1) is 18.2. The topological polar surface area (TPSA) is 93.1 Å². The van der Waals surface area contributed by atoms with E-state index in [2.05, 4.69) is 25.6 Å². The van der Waals surface area contributed by atoms with Crippen LogP contribution >= 0.6 is 0 Å². The number of carbonyl (C=O) groups is 1. The van der Waals surface area contributed by atoms with E-state index in [1.54, 1.807) is 24.4 Å². The van der Waals surface area contributed by atoms with Crippen molar-refractivity contribution in [3.05, 3.63) is 72.8 Å². The van der Waals surface area contributed by atoms with Crippen molar-refractivity contribution in [2.24, 2.45) is 0 Å². The second-order valence-corrected chi connectivity index (χ2v) is 6.02. The molecule has 0 aliphatic heterocycles. The Morgan fingerprint density at radius 3 is 2.55 bits per heavy atom. The van der Waals surface area contributed by atoms with E-state index in [0.29, 0.717) is 17.0 Å². The van der Waals surface area contributed by atoms with Crippen LogP contribution in [-0.4, -0.2) is 31.2 Å². The highest BCUT2D eigenvalue weighted by Crippen LogP contribution is 2.24. The monoisotopic (exact) mass is 390 g/mol. The Morgan fingerprint density at radius 1 is 1.03 bits per heavy atom. The van der Waals surface area contributed by atoms with Gasteiger partial charge in [-0.25, -0.2) is 14.8 Å². The zero-order chi connectivity index (χ0) is 20.2. The highest BCUT2D eigenvalue weighted by molar-refractivity contribution is 5.85. The maximum absolute atomic E-state index is 13.0. The molecule has 2 heterocycles. The standard InChI is InChI=1S/C20H15FN6O2/c1-13(28)27(29-19-10-11-22-17-5-3-2-4-16(17)19)26-20-23-12-18(24-25-20)14-6-8-15(21)9-7-14/h2-12H,1H3,(H,23,25,26). The van der Waals surface area contributed by atoms with Gasteiger partial charge in [0.05, 0.1) is 11.7 Å². The number of benzene rings is 2. The number of nitrogens with zero attached hydrogens (tertiary/aromatic N) is 5. The molecule has 0 unspecified atom stereocenters. The van der Waals surface area contributed by atoms with E-state index in [1.807, 2.05) is 24.3 Å². The lowest BCUT2D eigenvalue weighted by atomic mass is 10.2. The highest BCUT2D eigenvalue weighted by atomic mass is 19.1. The van der Waals surface area contributed by atoms with Crippen LogP contribution in [0.15, 0.2) is 67.0 Å². The van der Waals surface area contributed by atoms with Crippen LogP contribution in [0, 0.1) is 5.82 Å². The number of hydroxylamine groups is 1. The highest BCUT2D eigenvalue weighted by Gasteiger charge is 2.15. The van der Waals surface area contributed by atoms with Gasteiger partial charge in [-0.05, 0) is 36.4 Å². The van der Waals surface area contributed by atoms with Crippen molar-refractivity contribution < 1.29 is 14.0 Å². The fraction of sp³-hybridized carbons (Fsp3) is 0.0500. The summed E-state index contributed by atoms with van der Waals surface area (Å²) in [5, 5.41) is 9.66. The maximum atomic E-state index is 13.0. The number of amides is 1. The molecule has 0 aliphatic rings. The SMILES string of the molecule is CC(=O)N(Nc1ncc(-c2ccc(F)cc2)nn1)Oc1ccnc2ccccc12. The Labute approximate surface area is 164 Å². The van der Waals surface area contributed by atoms with Crippen LogP contribution in [0.4, 0.5) is 10.3 Å². The van der Waals surface area contributed by atoms with Crippen molar-refractivity contribution in [2.75, 3.05) is 5.43 Å². The predicted octanol–water partition coefficient (Wildman–Crippen LogP) is 3.40. The van der Waals surface area contributed by atoms with Gasteiger partial charge < -0.3 is 4.84 Å². The summed E-state index contributed by atoms with van der Waals surface area (Å²) in [6, 6.07) is 14.9. The lowest BCUT2D eigenvalue weighted by Gasteiger charge is -2.21. The van der Waals surface area contributed by atoms with Gasteiger partial charge in [-0.2, -0.15) is 0 Å². The first-order chi connectivity index (χ1) is 14.1. The summed E-state index contributed by atoms with van der Waals surface area (Å²) in [4.78, 5) is 26.1. The number of pyridine rings is 1. The molecule has 8 nitrogen and oxygen atoms in total. The van der Waals surface area contributed by atoms with Gasteiger partial charge in [-0.1, -0.05) is 17.3 Å². The molecule has 0 saturated heterocycles. The van der Waals surface area contributed by atoms with Crippen LogP contribution in [0.5, 0.6) is 5.75 Å². The quantitative estimate of drug-likeness (QED) is 0.522. The Hall–Kier alpha value is -4.14. The number of fused-ring (bicyclic) bond motifs is 1. The number of hydrogen-bond acceptors (Lipinski definition) is 7. The summed E-state index contributed by atoms with van der Waals surface area (Å²) >= 11 is 0. The van der Waals surface area contributed by atoms with Crippen molar-refractivity contribution in [3.63, 3.8) is 0 Å². The van der Waals surface area contributed by atoms with Crippen LogP contribution in [-0.2, 0) is 4.79 Å². The molecule has 2 aromatic heterocycles. The molecule has 1 amide bonds. The van der Waals surface area contributed by atoms with E-state index in [1.165, 1.54) is 25.3 Å². The molecule has 9 heteroatoms. The number of carbonyl (C=O) groups excluding carboxylic acids is 1. The molecule has 1 N–H and O–H groups in total. The van der Waals surface area contributed by atoms with Crippen LogP contribution in [0.3, 0.4) is 0 Å². The van der Waals surface area contributed by atoms with E-state index in [9.17, 15) is 9.18 Å². The number of hydrazine groups is 1. The fourth-order valence-electron chi connectivity index (χ4n) is 2.58. The summed E-state index contributed by atoms with van der Waals surface area (Å²) < 4.78 is 13.0. The largest absolute Gasteiger partial charge is 0.356 e. The Kier molecular flexibility index (Phi) is 4.93. The molecule has 0 fully saturated rings. The molecule has 0 bridgehead atoms. The van der Waals surface area contributed by atoms with Crippen LogP contribution in [0.25, 0.3) is 22.2 Å². The van der Waals surface area contributed by atoms with E-state index in [0.717, 1.165) is 16.1 Å². The number of hydrogen-bond donors (Lipinski definition) is 1. The third-order valence-electron chi connectivity index (χ3n) is 3.99. The molecule has 0 radical (unpaired) electrons. The van der Waals surface area contributed by atoms with E-state index in [4.69, 9.17) is 4.84 Å². The number of rotatable bonds is 5. The number of halogens is 1. The number of anilines is 1. The number of nitrogens with one attached hydrogen (secondary N) is 1. The molecule has 4 aromatic rings. The molecule has 0 spiro atoms. The third-order valence-corrected chi connectivity index (χ3v) is 3.99. The summed E-state index contributed by atoms with van der Waals surface area (Å²) in [6.07, 6.45) is 3.05. The van der Waals surface area contributed by atoms with Crippen molar-refractivity contribution in [1.82, 2.24) is 25.3 Å². The van der Waals surface area contributed by atoms with Crippen molar-refractivity contribution in [2.45, 2.75) is 6.92 Å². The van der Waals surface area contributed by atoms with E-state index in [-0.39, 0.29) is 11.8 Å². The van der Waals surface area contributed by atoms with E-state index < -0.39 is 5.91 Å². The molecular weight excluding hydrogens is 375 g/mol. The molecular formula is C20H15FN6O2. The average molecular weight is 390 g/mol. The summed E-state index contributed by atoms with van der Waals surface area (Å²) in [5.41, 5.74) is 4.54. The molecule has 2 aromatic carbocycles. The van der Waals surface area contributed by atoms with Gasteiger partial charge in [0.1, 0.15) is 11.5 Å². The normalized spacial score (nSPS) is 10.6. The van der Waals surface area contributed by atoms with Crippen molar-refractivity contribution in [1.29, 1.82) is 0 Å². The van der Waals surface area contributed by atoms with Crippen LogP contribution < -0.4 is 10.3 Å². The summed E-state index contributed by atoms with van der Waals surface area (Å²) in [7, 11) is 0. The molecule has 29 heavy (non-hydrogen) atoms. The second-order valence-electron chi connectivity index (χ2n) is 6.02. The van der Waals surface area contributed by atoms with Crippen molar-refractivity contribution in [3.8, 4) is 17.0 Å². The second kappa shape index (κ2) is 7.85. The minimum atomic E-state index is -0.419. The lowest BCUT2D eigenvalue weighted by molar-refractivity contribution is -0.149. The number of para-hydroxylation sites is 1. The molecule has 0 aliphatic carbocycles. The lowest BCUT2D eigenvalue weighted by Crippen LogP contribution is -2.38. The predicted molar refractivity (Wildman–Crippen MR) is 104 cm³/mol. The maximum Gasteiger partial charge on any atom is 0.275 e. The van der Waals surface area contributed by atoms with E-state index >= 15 is 0 Å². The molecule has 144 valence electrons. The van der Waals surface area contributed by atoms with Crippen molar-refractivity contribution >= 4 is 22.8 Å². The van der Waals surface area contributed by atoms with Crippen LogP contribution in [0.1, 0.15) is 6.92 Å². The van der Waals surface area contributed by atoms with Gasteiger partial charge in [0.25, 0.3) is 11.9 Å². The smallest absolute Gasteiger partial charge is 0.275 e. The molecule has 4 rings (SSSR count). The summed E-state index contributed by atoms with van der Waals surface area (Å²) in [6.45, 7) is 1.33. The first-order valence-corrected chi connectivity index (χ1v) is 8.65. The molecule has 0 saturated carbocycles. The Bertz CT molecular complexity index is 1150. The minimum absolute atomic E-state index is 0.0597. The van der Waals surface area contributed by atoms with Gasteiger partial charge in [-0.15, -0.1) is 10.2 Å². The fourth-order valence-corrected chi connectivity index (χ4v) is 2.58. The van der Waals surface area contributed by atoms with Gasteiger partial charge in [0.15, 0.2) is 5.75 Å². The Morgan fingerprint density at radius 2 is 1.83 bits per heavy atom. The van der Waals surface area contributed by atoms with Gasteiger partial charge >= 0.3 is 0 Å². The zero-order valence-electron chi connectivity index (χ0n) is 15.3. The summed E-state index contributed by atoms with van der Waals surface area (Å²) in [5.74, 6) is -0.262. The minimum Gasteiger partial charge on any atom is -0.356 e. The van der Waals surface area contributed by atoms with Gasteiger partial charge in [0, 0.05) is 30.1 Å². The first-order valence-electron chi connectivity index (χ1n) is 8.65. The zero-order valence-corrected chi connectivity index (χ0v) is 15.3. The van der Waals surface area contributed by atoms with Gasteiger partial charge in [0.2, 0.25) is 0 Å². The molecule has 0 atom stereocenters. The van der Waals surface area contributed by atoms with Gasteiger partial charge in [-0.3, -0.25) is 9.78 Å². The third kappa shape index (κ3) is 4.08. The van der Waals surface area contributed by atoms with Crippen LogP contribution in [0.2, 0.25) is 0 Å². The Balaban J connectivity index is 1.54. The average Bonchev–Trinajstić information content (AvgIpc) is 2.74.